The second-order valence-electron chi connectivity index (χ2n) is 9.40. The Hall–Kier alpha value is -4.05. The van der Waals surface area contributed by atoms with Crippen LogP contribution >= 0.6 is 0 Å². The lowest BCUT2D eigenvalue weighted by molar-refractivity contribution is -0.133. The number of carbonyl (C=O) groups excluding carboxylic acids is 2. The van der Waals surface area contributed by atoms with Crippen LogP contribution < -0.4 is 14.8 Å². The Kier molecular flexibility index (Phi) is 9.43. The van der Waals surface area contributed by atoms with Crippen LogP contribution in [-0.2, 0) is 22.6 Å². The number of nitrogens with zero attached hydrogens (tertiary/aromatic N) is 2. The lowest BCUT2D eigenvalue weighted by Crippen LogP contribution is -2.46. The number of furan rings is 1. The van der Waals surface area contributed by atoms with Crippen molar-refractivity contribution in [2.45, 2.75) is 39.0 Å². The number of halogens is 1. The Morgan fingerprint density at radius 2 is 1.82 bits per heavy atom. The molecule has 4 rings (SSSR count). The highest BCUT2D eigenvalue weighted by Crippen LogP contribution is 2.29. The van der Waals surface area contributed by atoms with E-state index in [9.17, 15) is 14.0 Å². The molecule has 1 aromatic heterocycles. The molecule has 2 aromatic carbocycles. The Balaban J connectivity index is 1.54. The summed E-state index contributed by atoms with van der Waals surface area (Å²) in [5, 5.41) is 2.86. The number of nitrogens with one attached hydrogen (secondary N) is 1. The fourth-order valence-corrected chi connectivity index (χ4v) is 4.41. The number of aryl methyl sites for hydroxylation is 1. The summed E-state index contributed by atoms with van der Waals surface area (Å²) in [5.74, 6) is 1.71. The fraction of sp³-hybridized carbons (Fsp3) is 0.379. The molecule has 1 fully saturated rings. The van der Waals surface area contributed by atoms with Crippen LogP contribution in [-0.4, -0.2) is 61.8 Å². The van der Waals surface area contributed by atoms with Gasteiger partial charge in [0.25, 0.3) is 0 Å². The van der Waals surface area contributed by atoms with Gasteiger partial charge in [-0.3, -0.25) is 4.79 Å². The molecule has 1 saturated heterocycles. The molecule has 2 heterocycles. The summed E-state index contributed by atoms with van der Waals surface area (Å²) >= 11 is 0. The van der Waals surface area contributed by atoms with E-state index in [0.717, 1.165) is 24.2 Å². The minimum Gasteiger partial charge on any atom is -0.497 e. The summed E-state index contributed by atoms with van der Waals surface area (Å²) in [6.07, 6.45) is 1.53. The Labute approximate surface area is 227 Å². The number of hydrogen-bond acceptors (Lipinski definition) is 6. The van der Waals surface area contributed by atoms with Gasteiger partial charge in [0.1, 0.15) is 35.4 Å². The first-order chi connectivity index (χ1) is 18.8. The van der Waals surface area contributed by atoms with Gasteiger partial charge in [0.2, 0.25) is 5.91 Å². The molecule has 1 aliphatic heterocycles. The van der Waals surface area contributed by atoms with Gasteiger partial charge in [-0.25, -0.2) is 9.18 Å². The summed E-state index contributed by atoms with van der Waals surface area (Å²) < 4.78 is 35.6. The van der Waals surface area contributed by atoms with E-state index >= 15 is 0 Å². The second kappa shape index (κ2) is 13.1. The van der Waals surface area contributed by atoms with Gasteiger partial charge in [-0.05, 0) is 61.7 Å². The molecule has 0 radical (unpaired) electrons. The Bertz CT molecular complexity index is 1260. The van der Waals surface area contributed by atoms with Gasteiger partial charge >= 0.3 is 6.03 Å². The molecular formula is C29H34FN3O6. The molecule has 0 aliphatic carbocycles. The highest BCUT2D eigenvalue weighted by atomic mass is 19.1. The van der Waals surface area contributed by atoms with E-state index in [1.165, 1.54) is 24.1 Å². The molecule has 0 saturated carbocycles. The van der Waals surface area contributed by atoms with Gasteiger partial charge in [0.15, 0.2) is 0 Å². The summed E-state index contributed by atoms with van der Waals surface area (Å²) in [6, 6.07) is 14.2. The highest BCUT2D eigenvalue weighted by molar-refractivity contribution is 5.93. The molecule has 10 heteroatoms. The number of ether oxygens (including phenoxy) is 3. The first-order valence-electron chi connectivity index (χ1n) is 12.8. The SMILES string of the molecule is COc1ccc(NC(=O)N(CC(=O)N(Cc2ccc(F)cc2)Cc2ccc(C)o2)CC2CCCO2)c(OC)c1. The lowest BCUT2D eigenvalue weighted by Gasteiger charge is -2.29. The molecule has 9 nitrogen and oxygen atoms in total. The number of benzene rings is 2. The van der Waals surface area contributed by atoms with E-state index in [4.69, 9.17) is 18.6 Å². The molecule has 0 bridgehead atoms. The largest absolute Gasteiger partial charge is 0.497 e. The summed E-state index contributed by atoms with van der Waals surface area (Å²) in [4.78, 5) is 30.2. The first kappa shape index (κ1) is 28.0. The van der Waals surface area contributed by atoms with Crippen LogP contribution in [0.1, 0.15) is 29.9 Å². The van der Waals surface area contributed by atoms with Crippen molar-refractivity contribution in [3.63, 3.8) is 0 Å². The maximum absolute atomic E-state index is 13.7. The molecule has 3 aromatic rings. The fourth-order valence-electron chi connectivity index (χ4n) is 4.41. The lowest BCUT2D eigenvalue weighted by atomic mass is 10.2. The van der Waals surface area contributed by atoms with E-state index in [0.29, 0.717) is 29.6 Å². The average molecular weight is 540 g/mol. The number of hydrogen-bond donors (Lipinski definition) is 1. The predicted octanol–water partition coefficient (Wildman–Crippen LogP) is 4.99. The van der Waals surface area contributed by atoms with Gasteiger partial charge in [-0.15, -0.1) is 0 Å². The molecule has 39 heavy (non-hydrogen) atoms. The van der Waals surface area contributed by atoms with E-state index < -0.39 is 6.03 Å². The molecule has 1 unspecified atom stereocenters. The molecular weight excluding hydrogens is 505 g/mol. The van der Waals surface area contributed by atoms with Crippen molar-refractivity contribution in [2.24, 2.45) is 0 Å². The zero-order valence-electron chi connectivity index (χ0n) is 22.4. The smallest absolute Gasteiger partial charge is 0.322 e. The molecule has 0 spiro atoms. The van der Waals surface area contributed by atoms with Crippen molar-refractivity contribution in [2.75, 3.05) is 39.2 Å². The second-order valence-corrected chi connectivity index (χ2v) is 9.40. The summed E-state index contributed by atoms with van der Waals surface area (Å²) in [5.41, 5.74) is 1.20. The number of amides is 3. The third kappa shape index (κ3) is 7.73. The quantitative estimate of drug-likeness (QED) is 0.369. The minimum atomic E-state index is -0.460. The van der Waals surface area contributed by atoms with Gasteiger partial charge in [0, 0.05) is 25.8 Å². The number of methoxy groups -OCH3 is 2. The van der Waals surface area contributed by atoms with Crippen LogP contribution in [0, 0.1) is 12.7 Å². The van der Waals surface area contributed by atoms with Crippen LogP contribution in [0.3, 0.4) is 0 Å². The highest BCUT2D eigenvalue weighted by Gasteiger charge is 2.27. The first-order valence-corrected chi connectivity index (χ1v) is 12.8. The normalized spacial score (nSPS) is 14.6. The molecule has 1 aliphatic rings. The topological polar surface area (TPSA) is 93.5 Å². The molecule has 208 valence electrons. The third-order valence-corrected chi connectivity index (χ3v) is 6.49. The zero-order valence-corrected chi connectivity index (χ0v) is 22.4. The average Bonchev–Trinajstić information content (AvgIpc) is 3.60. The van der Waals surface area contributed by atoms with Crippen molar-refractivity contribution in [1.82, 2.24) is 9.80 Å². The Morgan fingerprint density at radius 3 is 2.46 bits per heavy atom. The van der Waals surface area contributed by atoms with Gasteiger partial charge in [-0.2, -0.15) is 0 Å². The Morgan fingerprint density at radius 1 is 1.03 bits per heavy atom. The van der Waals surface area contributed by atoms with Crippen molar-refractivity contribution in [3.05, 3.63) is 77.5 Å². The van der Waals surface area contributed by atoms with Crippen LogP contribution in [0.2, 0.25) is 0 Å². The van der Waals surface area contributed by atoms with Gasteiger partial charge in [-0.1, -0.05) is 12.1 Å². The summed E-state index contributed by atoms with van der Waals surface area (Å²) in [6.45, 7) is 2.93. The van der Waals surface area contributed by atoms with Crippen molar-refractivity contribution >= 4 is 17.6 Å². The van der Waals surface area contributed by atoms with Crippen molar-refractivity contribution in [3.8, 4) is 11.5 Å². The van der Waals surface area contributed by atoms with Crippen LogP contribution in [0.4, 0.5) is 14.9 Å². The standard InChI is InChI=1S/C29H34FN3O6/c1-20-6-11-25(39-20)18-32(16-21-7-9-22(30)10-8-21)28(34)19-33(17-24-5-4-14-38-24)29(35)31-26-13-12-23(36-2)15-27(26)37-3/h6-13,15,24H,4-5,14,16-19H2,1-3H3,(H,31,35). The van der Waals surface area contributed by atoms with E-state index in [1.807, 2.05) is 19.1 Å². The number of carbonyl (C=O) groups is 2. The van der Waals surface area contributed by atoms with Gasteiger partial charge < -0.3 is 33.7 Å². The zero-order chi connectivity index (χ0) is 27.8. The van der Waals surface area contributed by atoms with Crippen LogP contribution in [0.15, 0.2) is 59.0 Å². The molecule has 1 atom stereocenters. The van der Waals surface area contributed by atoms with E-state index in [-0.39, 0.29) is 44.0 Å². The predicted molar refractivity (Wildman–Crippen MR) is 143 cm³/mol. The number of rotatable bonds is 11. The number of anilines is 1. The van der Waals surface area contributed by atoms with Gasteiger partial charge in [0.05, 0.1) is 32.6 Å². The van der Waals surface area contributed by atoms with Crippen LogP contribution in [0.5, 0.6) is 11.5 Å². The minimum absolute atomic E-state index is 0.167. The molecule has 1 N–H and O–H groups in total. The van der Waals surface area contributed by atoms with E-state index in [1.54, 1.807) is 42.3 Å². The monoisotopic (exact) mass is 539 g/mol. The number of urea groups is 1. The van der Waals surface area contributed by atoms with Crippen LogP contribution in [0.25, 0.3) is 0 Å². The summed E-state index contributed by atoms with van der Waals surface area (Å²) in [7, 11) is 3.05. The van der Waals surface area contributed by atoms with Crippen molar-refractivity contribution < 1.29 is 32.6 Å². The van der Waals surface area contributed by atoms with Crippen molar-refractivity contribution in [1.29, 1.82) is 0 Å². The van der Waals surface area contributed by atoms with E-state index in [2.05, 4.69) is 5.32 Å². The third-order valence-electron chi connectivity index (χ3n) is 6.49. The maximum atomic E-state index is 13.7. The maximum Gasteiger partial charge on any atom is 0.322 e. The molecule has 3 amide bonds.